The molecule has 3 rings (SSSR count). The largest absolute Gasteiger partial charge is 0.463 e. The number of thiazole rings is 1. The molecule has 0 saturated carbocycles. The minimum Gasteiger partial charge on any atom is -0.463 e. The average Bonchev–Trinajstić information content (AvgIpc) is 3.15. The highest BCUT2D eigenvalue weighted by molar-refractivity contribution is 7.13. The minimum absolute atomic E-state index is 0.426. The van der Waals surface area contributed by atoms with Crippen molar-refractivity contribution in [1.82, 2.24) is 10.3 Å². The molecule has 0 aromatic carbocycles. The maximum absolute atomic E-state index is 10.6. The fourth-order valence-electron chi connectivity index (χ4n) is 2.92. The molecular formula is C17H25N3O2S. The van der Waals surface area contributed by atoms with E-state index in [1.165, 1.54) is 0 Å². The number of aliphatic hydroxyl groups is 1. The van der Waals surface area contributed by atoms with Crippen LogP contribution in [-0.2, 0) is 5.60 Å². The number of nitrogens with one attached hydrogen (secondary N) is 1. The molecule has 6 heteroatoms. The van der Waals surface area contributed by atoms with E-state index >= 15 is 0 Å². The number of hydrogen-bond donors (Lipinski definition) is 2. The van der Waals surface area contributed by atoms with Crippen LogP contribution >= 0.6 is 11.3 Å². The summed E-state index contributed by atoms with van der Waals surface area (Å²) < 4.78 is 5.56. The van der Waals surface area contributed by atoms with E-state index in [-0.39, 0.29) is 0 Å². The van der Waals surface area contributed by atoms with Crippen LogP contribution in [0.15, 0.2) is 21.9 Å². The van der Waals surface area contributed by atoms with Crippen LogP contribution in [-0.4, -0.2) is 35.8 Å². The molecule has 2 aromatic heterocycles. The van der Waals surface area contributed by atoms with Gasteiger partial charge in [-0.3, -0.25) is 0 Å². The molecule has 0 unspecified atom stereocenters. The molecule has 0 amide bonds. The first-order valence-electron chi connectivity index (χ1n) is 8.14. The van der Waals surface area contributed by atoms with Crippen molar-refractivity contribution >= 4 is 16.5 Å². The first kappa shape index (κ1) is 16.5. The first-order valence-corrected chi connectivity index (χ1v) is 9.02. The van der Waals surface area contributed by atoms with Gasteiger partial charge >= 0.3 is 0 Å². The van der Waals surface area contributed by atoms with E-state index in [0.717, 1.165) is 42.5 Å². The van der Waals surface area contributed by atoms with E-state index in [1.807, 2.05) is 26.0 Å². The van der Waals surface area contributed by atoms with Gasteiger partial charge in [0.2, 0.25) is 0 Å². The third-order valence-electron chi connectivity index (χ3n) is 4.38. The van der Waals surface area contributed by atoms with Crippen LogP contribution in [0.1, 0.15) is 37.0 Å². The maximum Gasteiger partial charge on any atom is 0.185 e. The van der Waals surface area contributed by atoms with Gasteiger partial charge in [0, 0.05) is 31.1 Å². The number of aromatic nitrogens is 1. The number of nitrogens with zero attached hydrogens (tertiary/aromatic N) is 2. The van der Waals surface area contributed by atoms with Gasteiger partial charge in [-0.2, -0.15) is 0 Å². The number of furan rings is 1. The molecule has 0 bridgehead atoms. The third-order valence-corrected chi connectivity index (χ3v) is 5.40. The Morgan fingerprint density at radius 3 is 2.70 bits per heavy atom. The van der Waals surface area contributed by atoms with Crippen LogP contribution < -0.4 is 10.2 Å². The van der Waals surface area contributed by atoms with Gasteiger partial charge < -0.3 is 19.7 Å². The van der Waals surface area contributed by atoms with Crippen LogP contribution in [0.4, 0.5) is 5.13 Å². The molecule has 1 aliphatic heterocycles. The second kappa shape index (κ2) is 6.63. The van der Waals surface area contributed by atoms with Crippen molar-refractivity contribution in [3.05, 3.63) is 34.7 Å². The smallest absolute Gasteiger partial charge is 0.185 e. The van der Waals surface area contributed by atoms with E-state index < -0.39 is 5.60 Å². The maximum atomic E-state index is 10.6. The van der Waals surface area contributed by atoms with Gasteiger partial charge in [0.1, 0.15) is 17.1 Å². The summed E-state index contributed by atoms with van der Waals surface area (Å²) in [6.45, 7) is 8.24. The fourth-order valence-corrected chi connectivity index (χ4v) is 3.77. The van der Waals surface area contributed by atoms with Gasteiger partial charge in [0.05, 0.1) is 5.69 Å². The molecule has 3 heterocycles. The van der Waals surface area contributed by atoms with Crippen molar-refractivity contribution in [2.45, 2.75) is 45.3 Å². The number of rotatable bonds is 5. The highest BCUT2D eigenvalue weighted by Crippen LogP contribution is 2.25. The predicted octanol–water partition coefficient (Wildman–Crippen LogP) is 2.82. The number of hydrogen-bond acceptors (Lipinski definition) is 6. The SMILES string of the molecule is Cc1csc(N2CCC(NC[C@@](C)(O)c3ccc(C)o3)CC2)n1. The predicted molar refractivity (Wildman–Crippen MR) is 93.1 cm³/mol. The van der Waals surface area contributed by atoms with E-state index in [2.05, 4.69) is 20.6 Å². The summed E-state index contributed by atoms with van der Waals surface area (Å²) in [5, 5.41) is 17.3. The number of aryl methyl sites for hydroxylation is 2. The molecule has 1 fully saturated rings. The third kappa shape index (κ3) is 3.94. The molecule has 2 aromatic rings. The Bertz CT molecular complexity index is 642. The summed E-state index contributed by atoms with van der Waals surface area (Å²) in [5.74, 6) is 1.45. The molecule has 0 aliphatic carbocycles. The van der Waals surface area contributed by atoms with Gasteiger partial charge in [-0.15, -0.1) is 11.3 Å². The average molecular weight is 335 g/mol. The monoisotopic (exact) mass is 335 g/mol. The lowest BCUT2D eigenvalue weighted by Crippen LogP contribution is -2.46. The zero-order valence-electron chi connectivity index (χ0n) is 14.0. The van der Waals surface area contributed by atoms with Crippen molar-refractivity contribution in [3.63, 3.8) is 0 Å². The number of piperidine rings is 1. The van der Waals surface area contributed by atoms with Crippen LogP contribution in [0.25, 0.3) is 0 Å². The Morgan fingerprint density at radius 2 is 2.13 bits per heavy atom. The van der Waals surface area contributed by atoms with Crippen LogP contribution in [0.3, 0.4) is 0 Å². The molecule has 1 saturated heterocycles. The Hall–Kier alpha value is -1.37. The lowest BCUT2D eigenvalue weighted by Gasteiger charge is -2.33. The molecular weight excluding hydrogens is 310 g/mol. The summed E-state index contributed by atoms with van der Waals surface area (Å²) in [6.07, 6.45) is 2.12. The van der Waals surface area contributed by atoms with Gasteiger partial charge in [-0.25, -0.2) is 4.98 Å². The second-order valence-corrected chi connectivity index (χ2v) is 7.43. The number of anilines is 1. The lowest BCUT2D eigenvalue weighted by molar-refractivity contribution is 0.0300. The minimum atomic E-state index is -0.974. The molecule has 126 valence electrons. The van der Waals surface area contributed by atoms with Crippen molar-refractivity contribution < 1.29 is 9.52 Å². The molecule has 1 atom stereocenters. The summed E-state index contributed by atoms with van der Waals surface area (Å²) in [5.41, 5.74) is 0.118. The topological polar surface area (TPSA) is 61.5 Å². The van der Waals surface area contributed by atoms with Crippen molar-refractivity contribution in [1.29, 1.82) is 0 Å². The molecule has 2 N–H and O–H groups in total. The normalized spacial score (nSPS) is 19.0. The Balaban J connectivity index is 1.49. The standard InChI is InChI=1S/C17H25N3O2S/c1-12-10-23-16(19-12)20-8-6-14(7-9-20)18-11-17(3,21)15-5-4-13(2)22-15/h4-5,10,14,18,21H,6-9,11H2,1-3H3/t17-/m1/s1. The fraction of sp³-hybridized carbons (Fsp3) is 0.588. The second-order valence-electron chi connectivity index (χ2n) is 6.60. The van der Waals surface area contributed by atoms with E-state index in [1.54, 1.807) is 18.3 Å². The first-order chi connectivity index (χ1) is 10.9. The van der Waals surface area contributed by atoms with Gasteiger partial charge in [0.25, 0.3) is 0 Å². The zero-order valence-corrected chi connectivity index (χ0v) is 14.8. The molecule has 1 aliphatic rings. The molecule has 0 radical (unpaired) electrons. The Kier molecular flexibility index (Phi) is 4.75. The van der Waals surface area contributed by atoms with E-state index in [0.29, 0.717) is 18.3 Å². The molecule has 5 nitrogen and oxygen atoms in total. The summed E-state index contributed by atoms with van der Waals surface area (Å²) in [4.78, 5) is 6.91. The Labute approximate surface area is 141 Å². The van der Waals surface area contributed by atoms with Crippen LogP contribution in [0.2, 0.25) is 0 Å². The van der Waals surface area contributed by atoms with Crippen LogP contribution in [0, 0.1) is 13.8 Å². The zero-order chi connectivity index (χ0) is 16.4. The summed E-state index contributed by atoms with van der Waals surface area (Å²) in [6, 6.07) is 4.16. The summed E-state index contributed by atoms with van der Waals surface area (Å²) >= 11 is 1.72. The van der Waals surface area contributed by atoms with Crippen LogP contribution in [0.5, 0.6) is 0 Å². The summed E-state index contributed by atoms with van der Waals surface area (Å²) in [7, 11) is 0. The van der Waals surface area contributed by atoms with Gasteiger partial charge in [-0.1, -0.05) is 0 Å². The molecule has 0 spiro atoms. The lowest BCUT2D eigenvalue weighted by atomic mass is 10.0. The van der Waals surface area contributed by atoms with E-state index in [9.17, 15) is 5.11 Å². The highest BCUT2D eigenvalue weighted by atomic mass is 32.1. The van der Waals surface area contributed by atoms with Gasteiger partial charge in [-0.05, 0) is 45.7 Å². The van der Waals surface area contributed by atoms with Crippen molar-refractivity contribution in [3.8, 4) is 0 Å². The quantitative estimate of drug-likeness (QED) is 0.880. The van der Waals surface area contributed by atoms with Gasteiger partial charge in [0.15, 0.2) is 5.13 Å². The van der Waals surface area contributed by atoms with Crippen molar-refractivity contribution in [2.24, 2.45) is 0 Å². The molecule has 23 heavy (non-hydrogen) atoms. The van der Waals surface area contributed by atoms with E-state index in [4.69, 9.17) is 4.42 Å². The highest BCUT2D eigenvalue weighted by Gasteiger charge is 2.29. The van der Waals surface area contributed by atoms with Crippen molar-refractivity contribution in [2.75, 3.05) is 24.5 Å². The Morgan fingerprint density at radius 1 is 1.39 bits per heavy atom.